The quantitative estimate of drug-likeness (QED) is 0.715. The summed E-state index contributed by atoms with van der Waals surface area (Å²) in [5.41, 5.74) is 0.504. The summed E-state index contributed by atoms with van der Waals surface area (Å²) < 4.78 is 10.8. The summed E-state index contributed by atoms with van der Waals surface area (Å²) in [7, 11) is 1.80. The fraction of sp³-hybridized carbons (Fsp3) is 1.00. The maximum Gasteiger partial charge on any atom is 0.0594 e. The lowest BCUT2D eigenvalue weighted by Crippen LogP contribution is -2.52. The summed E-state index contributed by atoms with van der Waals surface area (Å²) in [5.74, 6) is 0. The molecule has 0 saturated carbocycles. The second-order valence-electron chi connectivity index (χ2n) is 6.19. The lowest BCUT2D eigenvalue weighted by molar-refractivity contribution is -0.0369. The van der Waals surface area contributed by atoms with Gasteiger partial charge in [-0.1, -0.05) is 13.8 Å². The van der Waals surface area contributed by atoms with E-state index in [0.29, 0.717) is 0 Å². The van der Waals surface area contributed by atoms with E-state index in [4.69, 9.17) is 9.47 Å². The van der Waals surface area contributed by atoms with E-state index in [1.54, 1.807) is 7.11 Å². The minimum atomic E-state index is 0.229. The minimum Gasteiger partial charge on any atom is -0.384 e. The zero-order valence-electron chi connectivity index (χ0n) is 12.2. The van der Waals surface area contributed by atoms with Crippen molar-refractivity contribution >= 4 is 0 Å². The van der Waals surface area contributed by atoms with Gasteiger partial charge in [0.1, 0.15) is 0 Å². The predicted octanol–water partition coefficient (Wildman–Crippen LogP) is 2.55. The van der Waals surface area contributed by atoms with Gasteiger partial charge in [-0.25, -0.2) is 0 Å². The van der Waals surface area contributed by atoms with E-state index in [1.807, 2.05) is 0 Å². The fourth-order valence-electron chi connectivity index (χ4n) is 2.95. The Hall–Kier alpha value is -0.120. The molecule has 0 spiro atoms. The van der Waals surface area contributed by atoms with Crippen LogP contribution in [0.5, 0.6) is 0 Å². The van der Waals surface area contributed by atoms with Crippen molar-refractivity contribution in [2.45, 2.75) is 46.1 Å². The van der Waals surface area contributed by atoms with Gasteiger partial charge in [0.05, 0.1) is 19.8 Å². The number of rotatable bonds is 6. The zero-order chi connectivity index (χ0) is 12.9. The van der Waals surface area contributed by atoms with Crippen molar-refractivity contribution in [1.82, 2.24) is 4.90 Å². The van der Waals surface area contributed by atoms with Crippen molar-refractivity contribution in [3.63, 3.8) is 0 Å². The molecule has 1 rings (SSSR count). The molecule has 1 heterocycles. The monoisotopic (exact) mass is 243 g/mol. The highest BCUT2D eigenvalue weighted by atomic mass is 16.5. The Bertz CT molecular complexity index is 224. The normalized spacial score (nSPS) is 22.4. The van der Waals surface area contributed by atoms with E-state index in [1.165, 1.54) is 6.42 Å². The lowest BCUT2D eigenvalue weighted by atomic mass is 9.76. The lowest BCUT2D eigenvalue weighted by Gasteiger charge is -2.45. The molecule has 0 aromatic rings. The molecule has 1 unspecified atom stereocenters. The molecule has 1 aliphatic heterocycles. The van der Waals surface area contributed by atoms with Crippen LogP contribution in [-0.4, -0.2) is 50.5 Å². The van der Waals surface area contributed by atoms with E-state index in [-0.39, 0.29) is 11.0 Å². The van der Waals surface area contributed by atoms with Gasteiger partial charge >= 0.3 is 0 Å². The highest BCUT2D eigenvalue weighted by molar-refractivity contribution is 4.89. The largest absolute Gasteiger partial charge is 0.384 e. The van der Waals surface area contributed by atoms with Crippen LogP contribution in [0.2, 0.25) is 0 Å². The first-order valence-electron chi connectivity index (χ1n) is 6.75. The Morgan fingerprint density at radius 2 is 1.76 bits per heavy atom. The van der Waals surface area contributed by atoms with Crippen LogP contribution in [0.25, 0.3) is 0 Å². The van der Waals surface area contributed by atoms with Crippen molar-refractivity contribution in [3.8, 4) is 0 Å². The van der Waals surface area contributed by atoms with Gasteiger partial charge in [0, 0.05) is 25.7 Å². The molecule has 1 atom stereocenters. The smallest absolute Gasteiger partial charge is 0.0594 e. The second kappa shape index (κ2) is 6.17. The summed E-state index contributed by atoms with van der Waals surface area (Å²) >= 11 is 0. The van der Waals surface area contributed by atoms with Crippen molar-refractivity contribution < 1.29 is 9.47 Å². The van der Waals surface area contributed by atoms with Gasteiger partial charge in [0.15, 0.2) is 0 Å². The van der Waals surface area contributed by atoms with E-state index in [9.17, 15) is 0 Å². The van der Waals surface area contributed by atoms with Crippen LogP contribution in [0.1, 0.15) is 40.5 Å². The van der Waals surface area contributed by atoms with Crippen molar-refractivity contribution in [2.24, 2.45) is 5.41 Å². The molecule has 0 aliphatic carbocycles. The fourth-order valence-corrected chi connectivity index (χ4v) is 2.95. The van der Waals surface area contributed by atoms with E-state index >= 15 is 0 Å². The third-order valence-electron chi connectivity index (χ3n) is 4.07. The van der Waals surface area contributed by atoms with Crippen LogP contribution in [-0.2, 0) is 9.47 Å². The summed E-state index contributed by atoms with van der Waals surface area (Å²) in [5, 5.41) is 0. The van der Waals surface area contributed by atoms with E-state index in [2.05, 4.69) is 32.6 Å². The number of ether oxygens (including phenoxy) is 2. The molecule has 0 radical (unpaired) electrons. The van der Waals surface area contributed by atoms with E-state index in [0.717, 1.165) is 39.3 Å². The maximum absolute atomic E-state index is 5.43. The number of methoxy groups -OCH3 is 1. The van der Waals surface area contributed by atoms with Crippen molar-refractivity contribution in [2.75, 3.05) is 40.0 Å². The molecule has 1 saturated heterocycles. The molecule has 0 aromatic carbocycles. The van der Waals surface area contributed by atoms with Crippen LogP contribution in [0, 0.1) is 5.41 Å². The molecule has 0 N–H and O–H groups in total. The molecule has 0 bridgehead atoms. The van der Waals surface area contributed by atoms with Gasteiger partial charge in [-0.2, -0.15) is 0 Å². The van der Waals surface area contributed by atoms with Crippen LogP contribution < -0.4 is 0 Å². The molecule has 3 nitrogen and oxygen atoms in total. The highest BCUT2D eigenvalue weighted by Gasteiger charge is 2.35. The van der Waals surface area contributed by atoms with Crippen LogP contribution in [0.3, 0.4) is 0 Å². The van der Waals surface area contributed by atoms with Crippen LogP contribution in [0.4, 0.5) is 0 Å². The summed E-state index contributed by atoms with van der Waals surface area (Å²) in [4.78, 5) is 2.56. The van der Waals surface area contributed by atoms with Crippen LogP contribution in [0.15, 0.2) is 0 Å². The minimum absolute atomic E-state index is 0.229. The molecule has 1 fully saturated rings. The Morgan fingerprint density at radius 1 is 1.18 bits per heavy atom. The standard InChI is InChI=1S/C14H29NO2/c1-6-14(4,12-16-5)11-13(2,3)15-7-9-17-10-8-15/h6-12H2,1-5H3. The van der Waals surface area contributed by atoms with Crippen molar-refractivity contribution in [1.29, 1.82) is 0 Å². The maximum atomic E-state index is 5.43. The number of morpholine rings is 1. The van der Waals surface area contributed by atoms with Gasteiger partial charge in [0.2, 0.25) is 0 Å². The summed E-state index contributed by atoms with van der Waals surface area (Å²) in [6, 6.07) is 0. The SMILES string of the molecule is CCC(C)(COC)CC(C)(C)N1CCOCC1. The summed E-state index contributed by atoms with van der Waals surface area (Å²) in [6.07, 6.45) is 2.33. The van der Waals surface area contributed by atoms with Crippen molar-refractivity contribution in [3.05, 3.63) is 0 Å². The number of hydrogen-bond donors (Lipinski definition) is 0. The first kappa shape index (κ1) is 14.9. The highest BCUT2D eigenvalue weighted by Crippen LogP contribution is 2.35. The third kappa shape index (κ3) is 4.23. The number of hydrogen-bond acceptors (Lipinski definition) is 3. The van der Waals surface area contributed by atoms with Gasteiger partial charge in [-0.15, -0.1) is 0 Å². The molecule has 3 heteroatoms. The molecule has 1 aliphatic rings. The topological polar surface area (TPSA) is 21.7 Å². The molecule has 17 heavy (non-hydrogen) atoms. The predicted molar refractivity (Wildman–Crippen MR) is 71.4 cm³/mol. The average molecular weight is 243 g/mol. The van der Waals surface area contributed by atoms with Gasteiger partial charge in [-0.05, 0) is 32.1 Å². The third-order valence-corrected chi connectivity index (χ3v) is 4.07. The first-order valence-corrected chi connectivity index (χ1v) is 6.75. The molecule has 102 valence electrons. The van der Waals surface area contributed by atoms with E-state index < -0.39 is 0 Å². The zero-order valence-corrected chi connectivity index (χ0v) is 12.2. The Balaban J connectivity index is 2.62. The molecular weight excluding hydrogens is 214 g/mol. The van der Waals surface area contributed by atoms with Gasteiger partial charge in [0.25, 0.3) is 0 Å². The number of nitrogens with zero attached hydrogens (tertiary/aromatic N) is 1. The molecule has 0 amide bonds. The average Bonchev–Trinajstić information content (AvgIpc) is 2.30. The second-order valence-corrected chi connectivity index (χ2v) is 6.19. The molecule has 0 aromatic heterocycles. The Labute approximate surface area is 106 Å². The van der Waals surface area contributed by atoms with Gasteiger partial charge in [-0.3, -0.25) is 4.90 Å². The van der Waals surface area contributed by atoms with Crippen LogP contribution >= 0.6 is 0 Å². The van der Waals surface area contributed by atoms with Gasteiger partial charge < -0.3 is 9.47 Å². The Morgan fingerprint density at radius 3 is 2.24 bits per heavy atom. The Kier molecular flexibility index (Phi) is 5.42. The first-order chi connectivity index (χ1) is 7.93. The summed E-state index contributed by atoms with van der Waals surface area (Å²) in [6.45, 7) is 14.0. The molecular formula is C14H29NO2.